The Hall–Kier alpha value is -2.88. The average Bonchev–Trinajstić information content (AvgIpc) is 3.37. The lowest BCUT2D eigenvalue weighted by Crippen LogP contribution is -2.34. The minimum Gasteiger partial charge on any atom is -0.396 e. The van der Waals surface area contributed by atoms with Crippen molar-refractivity contribution in [2.45, 2.75) is 25.9 Å². The van der Waals surface area contributed by atoms with Gasteiger partial charge in [-0.25, -0.2) is 0 Å². The van der Waals surface area contributed by atoms with E-state index >= 15 is 0 Å². The molecule has 3 N–H and O–H groups in total. The van der Waals surface area contributed by atoms with E-state index in [0.717, 1.165) is 55.3 Å². The summed E-state index contributed by atoms with van der Waals surface area (Å²) in [6, 6.07) is 11.7. The topological polar surface area (TPSA) is 112 Å². The molecule has 3 heterocycles. The molecule has 0 bridgehead atoms. The third-order valence-corrected chi connectivity index (χ3v) is 6.99. The normalized spacial score (nSPS) is 17.3. The molecule has 1 fully saturated rings. The second-order valence-corrected chi connectivity index (χ2v) is 10.5. The second kappa shape index (κ2) is 8.48. The number of aromatic amines is 1. The zero-order valence-corrected chi connectivity index (χ0v) is 19.2. The predicted octanol–water partition coefficient (Wildman–Crippen LogP) is 2.62. The number of carbonyl (C=O) groups excluding carboxylic acids is 1. The molecule has 5 rings (SSSR count). The Morgan fingerprint density at radius 3 is 2.67 bits per heavy atom. The highest BCUT2D eigenvalue weighted by molar-refractivity contribution is 7.86. The first-order chi connectivity index (χ1) is 15.8. The Labute approximate surface area is 192 Å². The Morgan fingerprint density at radius 2 is 1.94 bits per heavy atom. The number of carbonyl (C=O) groups is 1. The van der Waals surface area contributed by atoms with Crippen molar-refractivity contribution in [1.29, 1.82) is 0 Å². The van der Waals surface area contributed by atoms with E-state index in [1.807, 2.05) is 6.07 Å². The van der Waals surface area contributed by atoms with Gasteiger partial charge in [0, 0.05) is 47.4 Å². The van der Waals surface area contributed by atoms with Crippen molar-refractivity contribution in [3.05, 3.63) is 53.1 Å². The molecule has 0 aliphatic carbocycles. The first-order valence-electron chi connectivity index (χ1n) is 11.1. The third kappa shape index (κ3) is 4.48. The van der Waals surface area contributed by atoms with Crippen molar-refractivity contribution in [2.24, 2.45) is 5.92 Å². The summed E-state index contributed by atoms with van der Waals surface area (Å²) in [6.07, 6.45) is 3.04. The molecule has 1 amide bonds. The summed E-state index contributed by atoms with van der Waals surface area (Å²) in [7, 11) is -3.70. The number of likely N-dealkylation sites (tertiary alicyclic amines) is 1. The zero-order chi connectivity index (χ0) is 23.2. The molecule has 2 aliphatic rings. The van der Waals surface area contributed by atoms with E-state index in [1.54, 1.807) is 12.1 Å². The van der Waals surface area contributed by atoms with Gasteiger partial charge in [-0.2, -0.15) is 8.42 Å². The van der Waals surface area contributed by atoms with Crippen molar-refractivity contribution < 1.29 is 22.5 Å². The van der Waals surface area contributed by atoms with Crippen molar-refractivity contribution in [3.63, 3.8) is 0 Å². The smallest absolute Gasteiger partial charge is 0.306 e. The number of hydrogen-bond donors (Lipinski definition) is 3. The molecular weight excluding hydrogens is 442 g/mol. The van der Waals surface area contributed by atoms with E-state index in [1.165, 1.54) is 5.56 Å². The third-order valence-electron chi connectivity index (χ3n) is 6.51. The molecule has 0 spiro atoms. The Morgan fingerprint density at radius 1 is 1.15 bits per heavy atom. The molecular formula is C24H27N3O5S. The zero-order valence-electron chi connectivity index (χ0n) is 18.4. The standard InChI is InChI=1S/C24H27N3O5S/c1-33(30,31)32-22-5-3-18(23-19(22)12-25-24(23)29)21-11-17-10-16(2-4-20(17)26-21)13-27-8-6-15(14-28)7-9-27/h2-5,10-11,15,26,28H,6-9,12-14H2,1H3,(H,25,29). The molecule has 0 radical (unpaired) electrons. The summed E-state index contributed by atoms with van der Waals surface area (Å²) < 4.78 is 28.3. The Kier molecular flexibility index (Phi) is 5.64. The lowest BCUT2D eigenvalue weighted by atomic mass is 9.97. The van der Waals surface area contributed by atoms with Gasteiger partial charge < -0.3 is 19.6 Å². The molecule has 9 heteroatoms. The van der Waals surface area contributed by atoms with Gasteiger partial charge in [0.25, 0.3) is 5.91 Å². The summed E-state index contributed by atoms with van der Waals surface area (Å²) >= 11 is 0. The summed E-state index contributed by atoms with van der Waals surface area (Å²) in [5, 5.41) is 13.2. The first-order valence-corrected chi connectivity index (χ1v) is 12.9. The summed E-state index contributed by atoms with van der Waals surface area (Å²) in [4.78, 5) is 18.4. The number of fused-ring (bicyclic) bond motifs is 2. The number of aliphatic hydroxyl groups excluding tert-OH is 1. The van der Waals surface area contributed by atoms with Crippen LogP contribution in [0.5, 0.6) is 5.75 Å². The monoisotopic (exact) mass is 469 g/mol. The maximum Gasteiger partial charge on any atom is 0.306 e. The van der Waals surface area contributed by atoms with E-state index in [9.17, 15) is 18.3 Å². The maximum absolute atomic E-state index is 12.6. The van der Waals surface area contributed by atoms with E-state index in [4.69, 9.17) is 4.18 Å². The van der Waals surface area contributed by atoms with Crippen molar-refractivity contribution in [2.75, 3.05) is 26.0 Å². The molecule has 2 aliphatic heterocycles. The second-order valence-electron chi connectivity index (χ2n) is 8.94. The number of benzene rings is 2. The van der Waals surface area contributed by atoms with Gasteiger partial charge in [-0.15, -0.1) is 0 Å². The van der Waals surface area contributed by atoms with E-state index in [-0.39, 0.29) is 24.8 Å². The number of rotatable bonds is 6. The Balaban J connectivity index is 1.44. The van der Waals surface area contributed by atoms with Crippen LogP contribution in [0.1, 0.15) is 34.3 Å². The molecule has 3 aromatic rings. The lowest BCUT2D eigenvalue weighted by Gasteiger charge is -2.31. The van der Waals surface area contributed by atoms with Crippen molar-refractivity contribution in [3.8, 4) is 17.0 Å². The summed E-state index contributed by atoms with van der Waals surface area (Å²) in [5.74, 6) is 0.353. The van der Waals surface area contributed by atoms with Crippen LogP contribution >= 0.6 is 0 Å². The van der Waals surface area contributed by atoms with Crippen LogP contribution in [0, 0.1) is 5.92 Å². The number of hydrogen-bond acceptors (Lipinski definition) is 6. The molecule has 174 valence electrons. The van der Waals surface area contributed by atoms with Gasteiger partial charge in [0.05, 0.1) is 11.8 Å². The van der Waals surface area contributed by atoms with Crippen LogP contribution in [0.25, 0.3) is 22.2 Å². The minimum atomic E-state index is -3.70. The minimum absolute atomic E-state index is 0.179. The molecule has 8 nitrogen and oxygen atoms in total. The number of nitrogens with zero attached hydrogens (tertiary/aromatic N) is 1. The largest absolute Gasteiger partial charge is 0.396 e. The van der Waals surface area contributed by atoms with Gasteiger partial charge in [-0.3, -0.25) is 9.69 Å². The fraction of sp³-hybridized carbons (Fsp3) is 0.375. The highest BCUT2D eigenvalue weighted by Crippen LogP contribution is 2.36. The fourth-order valence-electron chi connectivity index (χ4n) is 4.80. The van der Waals surface area contributed by atoms with Gasteiger partial charge in [-0.1, -0.05) is 6.07 Å². The SMILES string of the molecule is CS(=O)(=O)Oc1ccc(-c2cc3cc(CN4CCC(CO)CC4)ccc3[nH]2)c2c1CNC2=O. The first kappa shape index (κ1) is 21.9. The molecule has 0 unspecified atom stereocenters. The molecule has 2 aromatic carbocycles. The summed E-state index contributed by atoms with van der Waals surface area (Å²) in [6.45, 7) is 3.35. The van der Waals surface area contributed by atoms with Crippen LogP contribution < -0.4 is 9.50 Å². The molecule has 1 aromatic heterocycles. The van der Waals surface area contributed by atoms with Crippen molar-refractivity contribution in [1.82, 2.24) is 15.2 Å². The van der Waals surface area contributed by atoms with Crippen molar-refractivity contribution >= 4 is 26.9 Å². The van der Waals surface area contributed by atoms with Crippen LogP contribution in [0.15, 0.2) is 36.4 Å². The van der Waals surface area contributed by atoms with Crippen LogP contribution in [0.2, 0.25) is 0 Å². The average molecular weight is 470 g/mol. The highest BCUT2D eigenvalue weighted by atomic mass is 32.2. The number of aromatic nitrogens is 1. The highest BCUT2D eigenvalue weighted by Gasteiger charge is 2.28. The van der Waals surface area contributed by atoms with Crippen LogP contribution in [0.4, 0.5) is 0 Å². The number of piperidine rings is 1. The van der Waals surface area contributed by atoms with Crippen LogP contribution in [0.3, 0.4) is 0 Å². The number of aliphatic hydroxyl groups is 1. The van der Waals surface area contributed by atoms with Gasteiger partial charge in [0.1, 0.15) is 5.75 Å². The van der Waals surface area contributed by atoms with E-state index < -0.39 is 10.1 Å². The number of H-pyrrole nitrogens is 1. The Bertz CT molecular complexity index is 1320. The maximum atomic E-state index is 12.6. The molecule has 0 saturated carbocycles. The number of nitrogens with one attached hydrogen (secondary N) is 2. The lowest BCUT2D eigenvalue weighted by molar-refractivity contribution is 0.0966. The molecule has 1 saturated heterocycles. The van der Waals surface area contributed by atoms with Gasteiger partial charge in [-0.05, 0) is 67.7 Å². The summed E-state index contributed by atoms with van der Waals surface area (Å²) in [5.41, 5.74) is 4.68. The predicted molar refractivity (Wildman–Crippen MR) is 125 cm³/mol. The molecule has 33 heavy (non-hydrogen) atoms. The van der Waals surface area contributed by atoms with Crippen LogP contribution in [-0.4, -0.2) is 55.3 Å². The fourth-order valence-corrected chi connectivity index (χ4v) is 5.28. The number of amides is 1. The quantitative estimate of drug-likeness (QED) is 0.479. The molecule has 0 atom stereocenters. The van der Waals surface area contributed by atoms with Gasteiger partial charge in [0.15, 0.2) is 0 Å². The van der Waals surface area contributed by atoms with E-state index in [0.29, 0.717) is 22.6 Å². The van der Waals surface area contributed by atoms with Crippen LogP contribution in [-0.2, 0) is 23.2 Å². The van der Waals surface area contributed by atoms with E-state index in [2.05, 4.69) is 33.4 Å². The van der Waals surface area contributed by atoms with Gasteiger partial charge >= 0.3 is 10.1 Å². The van der Waals surface area contributed by atoms with Gasteiger partial charge in [0.2, 0.25) is 0 Å².